The zero-order chi connectivity index (χ0) is 18.4. The average Bonchev–Trinajstić information content (AvgIpc) is 2.68. The van der Waals surface area contributed by atoms with Crippen molar-refractivity contribution in [2.45, 2.75) is 6.54 Å². The first-order valence-corrected chi connectivity index (χ1v) is 10.1. The molecule has 3 aromatic carbocycles. The predicted octanol–water partition coefficient (Wildman–Crippen LogP) is 3.56. The van der Waals surface area contributed by atoms with Gasteiger partial charge >= 0.3 is 6.09 Å². The third kappa shape index (κ3) is 3.48. The second-order valence-electron chi connectivity index (χ2n) is 5.85. The lowest BCUT2D eigenvalue weighted by molar-refractivity contribution is 0.206. The van der Waals surface area contributed by atoms with E-state index in [-0.39, 0.29) is 0 Å². The number of benzene rings is 3. The van der Waals surface area contributed by atoms with Gasteiger partial charge in [0.05, 0.1) is 7.05 Å². The van der Waals surface area contributed by atoms with Crippen molar-refractivity contribution < 1.29 is 9.90 Å². The monoisotopic (exact) mass is 364 g/mol. The minimum Gasteiger partial charge on any atom is -0.463 e. The summed E-state index contributed by atoms with van der Waals surface area (Å²) < 4.78 is 4.36. The largest absolute Gasteiger partial charge is 0.463 e. The van der Waals surface area contributed by atoms with Crippen LogP contribution >= 0.6 is 7.05 Å². The molecule has 3 rings (SSSR count). The number of rotatable bonds is 5. The van der Waals surface area contributed by atoms with Crippen molar-refractivity contribution >= 4 is 29.1 Å². The van der Waals surface area contributed by atoms with Gasteiger partial charge in [-0.15, -0.1) is 0 Å². The summed E-state index contributed by atoms with van der Waals surface area (Å²) in [5.74, 6) is 0. The van der Waals surface area contributed by atoms with E-state index in [1.807, 2.05) is 92.0 Å². The van der Waals surface area contributed by atoms with Crippen molar-refractivity contribution in [1.29, 1.82) is 0 Å². The van der Waals surface area contributed by atoms with E-state index in [0.29, 0.717) is 6.54 Å². The highest BCUT2D eigenvalue weighted by Gasteiger charge is 2.30. The van der Waals surface area contributed by atoms with E-state index in [2.05, 4.69) is 10.1 Å². The molecule has 0 saturated carbocycles. The fraction of sp³-hybridized carbons (Fsp3) is 0.0952. The normalized spacial score (nSPS) is 11.1. The molecule has 0 heterocycles. The molecule has 0 fully saturated rings. The summed E-state index contributed by atoms with van der Waals surface area (Å²) >= 11 is 0. The molecule has 0 aliphatic rings. The van der Waals surface area contributed by atoms with Gasteiger partial charge in [-0.1, -0.05) is 84.9 Å². The van der Waals surface area contributed by atoms with E-state index >= 15 is 0 Å². The van der Waals surface area contributed by atoms with Gasteiger partial charge in [-0.3, -0.25) is 0 Å². The van der Waals surface area contributed by atoms with Crippen LogP contribution in [-0.4, -0.2) is 18.2 Å². The molecule has 0 unspecified atom stereocenters. The Hall–Kier alpha value is -2.68. The van der Waals surface area contributed by atoms with Crippen LogP contribution in [0, 0.1) is 0 Å². The molecule has 0 bridgehead atoms. The molecule has 0 spiro atoms. The molecule has 4 nitrogen and oxygen atoms in total. The van der Waals surface area contributed by atoms with E-state index in [9.17, 15) is 9.90 Å². The summed E-state index contributed by atoms with van der Waals surface area (Å²) in [6.07, 6.45) is -1.15. The quantitative estimate of drug-likeness (QED) is 0.681. The molecule has 0 radical (unpaired) electrons. The zero-order valence-electron chi connectivity index (χ0n) is 14.5. The third-order valence-corrected chi connectivity index (χ3v) is 7.90. The minimum absolute atomic E-state index is 0.646. The predicted molar refractivity (Wildman–Crippen MR) is 108 cm³/mol. The molecule has 0 aromatic heterocycles. The van der Waals surface area contributed by atoms with Crippen LogP contribution in [0.4, 0.5) is 4.79 Å². The number of nitrogens with one attached hydrogen (secondary N) is 1. The van der Waals surface area contributed by atoms with Gasteiger partial charge in [0.1, 0.15) is 0 Å². The zero-order valence-corrected chi connectivity index (χ0v) is 15.4. The number of hydrogen-bond acceptors (Lipinski definition) is 2. The molecule has 0 saturated heterocycles. The van der Waals surface area contributed by atoms with E-state index < -0.39 is 13.1 Å². The summed E-state index contributed by atoms with van der Waals surface area (Å²) in [6, 6.07) is 27.5. The molecular weight excluding hydrogens is 343 g/mol. The maximum Gasteiger partial charge on any atom is 0.430 e. The minimum atomic E-state index is -2.69. The number of hydrogen-bond donors (Lipinski definition) is 2. The van der Waals surface area contributed by atoms with Crippen molar-refractivity contribution in [2.75, 3.05) is 7.05 Å². The lowest BCUT2D eigenvalue weighted by atomic mass is 10.2. The maximum absolute atomic E-state index is 11.8. The van der Waals surface area contributed by atoms with Crippen molar-refractivity contribution in [2.24, 2.45) is 4.74 Å². The standard InChI is InChI=1S/C21H21N2O2P/c1-22-16-17-10-8-9-15-20(17)26(23-21(24)25,18-11-4-2-5-12-18)19-13-6-3-7-14-19/h2-15,22H,16H2,1H3,(H,24,25). The smallest absolute Gasteiger partial charge is 0.430 e. The fourth-order valence-corrected chi connectivity index (χ4v) is 6.71. The van der Waals surface area contributed by atoms with Crippen LogP contribution in [0.2, 0.25) is 0 Å². The molecule has 3 aromatic rings. The summed E-state index contributed by atoms with van der Waals surface area (Å²) in [7, 11) is -0.806. The van der Waals surface area contributed by atoms with Crippen molar-refractivity contribution in [3.63, 3.8) is 0 Å². The highest BCUT2D eigenvalue weighted by Crippen LogP contribution is 2.47. The van der Waals surface area contributed by atoms with E-state index in [0.717, 1.165) is 21.5 Å². The lowest BCUT2D eigenvalue weighted by Gasteiger charge is -2.27. The Balaban J connectivity index is 2.46. The van der Waals surface area contributed by atoms with Crippen molar-refractivity contribution in [3.05, 3.63) is 90.5 Å². The second-order valence-corrected chi connectivity index (χ2v) is 8.83. The molecule has 132 valence electrons. The molecule has 26 heavy (non-hydrogen) atoms. The van der Waals surface area contributed by atoms with Crippen LogP contribution in [0.1, 0.15) is 5.56 Å². The summed E-state index contributed by atoms with van der Waals surface area (Å²) in [4.78, 5) is 11.8. The highest BCUT2D eigenvalue weighted by molar-refractivity contribution is 7.87. The average molecular weight is 364 g/mol. The third-order valence-electron chi connectivity index (χ3n) is 4.20. The van der Waals surface area contributed by atoms with Gasteiger partial charge in [0.15, 0.2) is 0 Å². The second kappa shape index (κ2) is 8.13. The van der Waals surface area contributed by atoms with Gasteiger partial charge in [0, 0.05) is 22.5 Å². The Bertz CT molecular complexity index is 897. The number of carbonyl (C=O) groups is 1. The van der Waals surface area contributed by atoms with Crippen molar-refractivity contribution in [1.82, 2.24) is 5.32 Å². The van der Waals surface area contributed by atoms with Crippen molar-refractivity contribution in [3.8, 4) is 0 Å². The van der Waals surface area contributed by atoms with Crippen LogP contribution < -0.4 is 21.2 Å². The van der Waals surface area contributed by atoms with Crippen LogP contribution in [0.25, 0.3) is 0 Å². The summed E-state index contributed by atoms with van der Waals surface area (Å²) in [5, 5.41) is 15.7. The van der Waals surface area contributed by atoms with Gasteiger partial charge in [0.25, 0.3) is 0 Å². The SMILES string of the molecule is CNCc1ccccc1P(=NC(=O)O)(c1ccccc1)c1ccccc1. The number of amides is 1. The highest BCUT2D eigenvalue weighted by atomic mass is 31.2. The topological polar surface area (TPSA) is 61.7 Å². The molecule has 5 heteroatoms. The molecule has 0 aliphatic carbocycles. The first-order valence-electron chi connectivity index (χ1n) is 8.38. The van der Waals surface area contributed by atoms with Gasteiger partial charge in [0.2, 0.25) is 0 Å². The van der Waals surface area contributed by atoms with Crippen LogP contribution in [-0.2, 0) is 6.54 Å². The van der Waals surface area contributed by atoms with Gasteiger partial charge in [-0.25, -0.2) is 4.79 Å². The van der Waals surface area contributed by atoms with Gasteiger partial charge < -0.3 is 10.4 Å². The van der Waals surface area contributed by atoms with E-state index in [1.165, 1.54) is 0 Å². The lowest BCUT2D eigenvalue weighted by Crippen LogP contribution is -2.29. The van der Waals surface area contributed by atoms with Crippen LogP contribution in [0.15, 0.2) is 89.7 Å². The van der Waals surface area contributed by atoms with Gasteiger partial charge in [-0.05, 0) is 12.6 Å². The Morgan fingerprint density at radius 1 is 0.885 bits per heavy atom. The van der Waals surface area contributed by atoms with Crippen LogP contribution in [0.5, 0.6) is 0 Å². The fourth-order valence-electron chi connectivity index (χ4n) is 3.18. The Kier molecular flexibility index (Phi) is 5.67. The van der Waals surface area contributed by atoms with E-state index in [1.54, 1.807) is 0 Å². The Morgan fingerprint density at radius 3 is 1.88 bits per heavy atom. The summed E-state index contributed by atoms with van der Waals surface area (Å²) in [6.45, 7) is 0.646. The molecule has 1 amide bonds. The van der Waals surface area contributed by atoms with Gasteiger partial charge in [-0.2, -0.15) is 4.74 Å². The Labute approximate surface area is 153 Å². The number of nitrogens with zero attached hydrogens (tertiary/aromatic N) is 1. The van der Waals surface area contributed by atoms with Crippen LogP contribution in [0.3, 0.4) is 0 Å². The molecule has 0 aliphatic heterocycles. The Morgan fingerprint density at radius 2 is 1.38 bits per heavy atom. The number of carboxylic acid groups (broad SMARTS) is 1. The van der Waals surface area contributed by atoms with E-state index in [4.69, 9.17) is 0 Å². The summed E-state index contributed by atoms with van der Waals surface area (Å²) in [5.41, 5.74) is 1.06. The maximum atomic E-state index is 11.8. The first kappa shape index (κ1) is 18.1. The first-order chi connectivity index (χ1) is 12.7. The molecule has 0 atom stereocenters. The molecular formula is C21H21N2O2P. The molecule has 2 N–H and O–H groups in total.